The highest BCUT2D eigenvalue weighted by molar-refractivity contribution is 5.77. The van der Waals surface area contributed by atoms with Crippen LogP contribution in [0.5, 0.6) is 5.75 Å². The van der Waals surface area contributed by atoms with Gasteiger partial charge in [0.25, 0.3) is 5.91 Å². The molecular weight excluding hydrogens is 258 g/mol. The quantitative estimate of drug-likeness (QED) is 0.738. The number of amides is 1. The third-order valence-corrected chi connectivity index (χ3v) is 3.65. The molecular formula is C15H21NO4. The Balaban J connectivity index is 1.74. The zero-order valence-electron chi connectivity index (χ0n) is 11.6. The SMILES string of the molecule is Cc1ccc(OCC(=O)N[C@@H]2C[C@@H](CO)[C@H](O)C2)cc1. The fraction of sp³-hybridized carbons (Fsp3) is 0.533. The minimum Gasteiger partial charge on any atom is -0.484 e. The first kappa shape index (κ1) is 14.8. The summed E-state index contributed by atoms with van der Waals surface area (Å²) in [6, 6.07) is 7.41. The Labute approximate surface area is 118 Å². The van der Waals surface area contributed by atoms with Gasteiger partial charge in [0.05, 0.1) is 6.10 Å². The Hall–Kier alpha value is -1.59. The van der Waals surface area contributed by atoms with Crippen LogP contribution in [0.3, 0.4) is 0 Å². The molecule has 0 radical (unpaired) electrons. The lowest BCUT2D eigenvalue weighted by atomic mass is 10.1. The van der Waals surface area contributed by atoms with Gasteiger partial charge in [0.2, 0.25) is 0 Å². The van der Waals surface area contributed by atoms with Crippen molar-refractivity contribution in [1.82, 2.24) is 5.32 Å². The maximum Gasteiger partial charge on any atom is 0.258 e. The van der Waals surface area contributed by atoms with E-state index in [0.717, 1.165) is 5.56 Å². The number of aliphatic hydroxyl groups is 2. The first-order valence-electron chi connectivity index (χ1n) is 6.86. The molecule has 3 atom stereocenters. The van der Waals surface area contributed by atoms with Gasteiger partial charge in [0.15, 0.2) is 6.61 Å². The van der Waals surface area contributed by atoms with Crippen molar-refractivity contribution in [2.45, 2.75) is 31.9 Å². The first-order valence-corrected chi connectivity index (χ1v) is 6.86. The van der Waals surface area contributed by atoms with Crippen LogP contribution in [0.4, 0.5) is 0 Å². The molecule has 1 amide bonds. The molecule has 0 saturated heterocycles. The second kappa shape index (κ2) is 6.72. The molecule has 0 aromatic heterocycles. The van der Waals surface area contributed by atoms with Crippen LogP contribution in [-0.4, -0.2) is 41.5 Å². The smallest absolute Gasteiger partial charge is 0.258 e. The molecule has 2 rings (SSSR count). The molecule has 3 N–H and O–H groups in total. The molecule has 110 valence electrons. The lowest BCUT2D eigenvalue weighted by molar-refractivity contribution is -0.123. The Morgan fingerprint density at radius 1 is 1.35 bits per heavy atom. The van der Waals surface area contributed by atoms with E-state index in [0.29, 0.717) is 18.6 Å². The zero-order valence-corrected chi connectivity index (χ0v) is 11.6. The van der Waals surface area contributed by atoms with Crippen LogP contribution in [0.15, 0.2) is 24.3 Å². The van der Waals surface area contributed by atoms with E-state index in [1.54, 1.807) is 0 Å². The molecule has 1 aliphatic rings. The first-order chi connectivity index (χ1) is 9.58. The van der Waals surface area contributed by atoms with Crippen molar-refractivity contribution in [2.75, 3.05) is 13.2 Å². The van der Waals surface area contributed by atoms with Gasteiger partial charge in [-0.15, -0.1) is 0 Å². The number of aliphatic hydroxyl groups excluding tert-OH is 2. The molecule has 0 heterocycles. The summed E-state index contributed by atoms with van der Waals surface area (Å²) in [4.78, 5) is 11.8. The second-order valence-electron chi connectivity index (χ2n) is 5.35. The van der Waals surface area contributed by atoms with Crippen molar-refractivity contribution < 1.29 is 19.7 Å². The molecule has 0 spiro atoms. The van der Waals surface area contributed by atoms with Gasteiger partial charge in [0.1, 0.15) is 5.75 Å². The fourth-order valence-corrected chi connectivity index (χ4v) is 2.47. The van der Waals surface area contributed by atoms with Gasteiger partial charge in [-0.3, -0.25) is 4.79 Å². The minimum atomic E-state index is -0.539. The van der Waals surface area contributed by atoms with E-state index < -0.39 is 6.10 Å². The number of benzene rings is 1. The van der Waals surface area contributed by atoms with Crippen molar-refractivity contribution >= 4 is 5.91 Å². The summed E-state index contributed by atoms with van der Waals surface area (Å²) in [5, 5.41) is 21.5. The molecule has 5 heteroatoms. The van der Waals surface area contributed by atoms with Gasteiger partial charge in [-0.05, 0) is 31.9 Å². The number of nitrogens with one attached hydrogen (secondary N) is 1. The standard InChI is InChI=1S/C15H21NO4/c1-10-2-4-13(5-3-10)20-9-15(19)16-12-6-11(8-17)14(18)7-12/h2-5,11-12,14,17-18H,6-9H2,1H3,(H,16,19)/t11-,12+,14+/m0/s1. The number of carbonyl (C=O) groups excluding carboxylic acids is 1. The lowest BCUT2D eigenvalue weighted by Crippen LogP contribution is -2.36. The highest BCUT2D eigenvalue weighted by Crippen LogP contribution is 2.25. The summed E-state index contributed by atoms with van der Waals surface area (Å²) in [5.74, 6) is 0.310. The molecule has 0 bridgehead atoms. The Bertz CT molecular complexity index is 446. The van der Waals surface area contributed by atoms with Crippen LogP contribution in [0.2, 0.25) is 0 Å². The number of carbonyl (C=O) groups is 1. The van der Waals surface area contributed by atoms with Crippen molar-refractivity contribution in [1.29, 1.82) is 0 Å². The van der Waals surface area contributed by atoms with E-state index in [1.165, 1.54) is 0 Å². The van der Waals surface area contributed by atoms with Crippen LogP contribution < -0.4 is 10.1 Å². The number of hydrogen-bond donors (Lipinski definition) is 3. The lowest BCUT2D eigenvalue weighted by Gasteiger charge is -2.13. The van der Waals surface area contributed by atoms with E-state index in [9.17, 15) is 9.90 Å². The Morgan fingerprint density at radius 3 is 2.65 bits per heavy atom. The molecule has 1 saturated carbocycles. The van der Waals surface area contributed by atoms with Gasteiger partial charge in [-0.25, -0.2) is 0 Å². The van der Waals surface area contributed by atoms with Crippen LogP contribution in [0.1, 0.15) is 18.4 Å². The third-order valence-electron chi connectivity index (χ3n) is 3.65. The van der Waals surface area contributed by atoms with Crippen molar-refractivity contribution in [3.8, 4) is 5.75 Å². The molecule has 1 aliphatic carbocycles. The van der Waals surface area contributed by atoms with E-state index in [1.807, 2.05) is 31.2 Å². The number of ether oxygens (including phenoxy) is 1. The average molecular weight is 279 g/mol. The summed E-state index contributed by atoms with van der Waals surface area (Å²) < 4.78 is 5.39. The van der Waals surface area contributed by atoms with Crippen molar-refractivity contribution in [3.05, 3.63) is 29.8 Å². The van der Waals surface area contributed by atoms with Crippen molar-refractivity contribution in [3.63, 3.8) is 0 Å². The summed E-state index contributed by atoms with van der Waals surface area (Å²) >= 11 is 0. The predicted octanol–water partition coefficient (Wildman–Crippen LogP) is 0.622. The van der Waals surface area contributed by atoms with Crippen LogP contribution in [-0.2, 0) is 4.79 Å². The van der Waals surface area contributed by atoms with Crippen LogP contribution in [0, 0.1) is 12.8 Å². The summed E-state index contributed by atoms with van der Waals surface area (Å²) in [6.45, 7) is 1.90. The number of hydrogen-bond acceptors (Lipinski definition) is 4. The predicted molar refractivity (Wildman–Crippen MR) is 74.4 cm³/mol. The van der Waals surface area contributed by atoms with E-state index in [2.05, 4.69) is 5.32 Å². The molecule has 0 aliphatic heterocycles. The highest BCUT2D eigenvalue weighted by Gasteiger charge is 2.33. The van der Waals surface area contributed by atoms with Crippen LogP contribution >= 0.6 is 0 Å². The van der Waals surface area contributed by atoms with Gasteiger partial charge < -0.3 is 20.3 Å². The third kappa shape index (κ3) is 3.95. The Morgan fingerprint density at radius 2 is 2.05 bits per heavy atom. The number of aryl methyl sites for hydroxylation is 1. The molecule has 0 unspecified atom stereocenters. The summed E-state index contributed by atoms with van der Waals surface area (Å²) in [5.41, 5.74) is 1.14. The van der Waals surface area contributed by atoms with Gasteiger partial charge >= 0.3 is 0 Å². The largest absolute Gasteiger partial charge is 0.484 e. The molecule has 1 aromatic carbocycles. The normalized spacial score (nSPS) is 25.4. The average Bonchev–Trinajstić information content (AvgIpc) is 2.78. The molecule has 1 aromatic rings. The van der Waals surface area contributed by atoms with Crippen LogP contribution in [0.25, 0.3) is 0 Å². The van der Waals surface area contributed by atoms with Gasteiger partial charge in [0, 0.05) is 18.6 Å². The maximum absolute atomic E-state index is 11.8. The van der Waals surface area contributed by atoms with E-state index in [-0.39, 0.29) is 31.1 Å². The van der Waals surface area contributed by atoms with Gasteiger partial charge in [-0.1, -0.05) is 17.7 Å². The number of rotatable bonds is 5. The van der Waals surface area contributed by atoms with E-state index >= 15 is 0 Å². The minimum absolute atomic E-state index is 0.0422. The second-order valence-corrected chi connectivity index (χ2v) is 5.35. The highest BCUT2D eigenvalue weighted by atomic mass is 16.5. The van der Waals surface area contributed by atoms with E-state index in [4.69, 9.17) is 9.84 Å². The zero-order chi connectivity index (χ0) is 14.5. The van der Waals surface area contributed by atoms with Crippen molar-refractivity contribution in [2.24, 2.45) is 5.92 Å². The summed E-state index contributed by atoms with van der Waals surface area (Å²) in [7, 11) is 0. The van der Waals surface area contributed by atoms with Gasteiger partial charge in [-0.2, -0.15) is 0 Å². The topological polar surface area (TPSA) is 78.8 Å². The Kier molecular flexibility index (Phi) is 4.98. The molecule has 5 nitrogen and oxygen atoms in total. The molecule has 1 fully saturated rings. The monoisotopic (exact) mass is 279 g/mol. The fourth-order valence-electron chi connectivity index (χ4n) is 2.47. The summed E-state index contributed by atoms with van der Waals surface area (Å²) in [6.07, 6.45) is 0.554. The maximum atomic E-state index is 11.8. The molecule has 20 heavy (non-hydrogen) atoms.